The van der Waals surface area contributed by atoms with Crippen LogP contribution in [0.15, 0.2) is 34.1 Å². The van der Waals surface area contributed by atoms with Crippen LogP contribution in [-0.4, -0.2) is 27.9 Å². The summed E-state index contributed by atoms with van der Waals surface area (Å²) in [5.74, 6) is 0.445. The van der Waals surface area contributed by atoms with E-state index in [0.717, 1.165) is 5.56 Å². The molecule has 2 rings (SSSR count). The Labute approximate surface area is 134 Å². The zero-order valence-corrected chi connectivity index (χ0v) is 14.2. The molecule has 0 aliphatic carbocycles. The minimum absolute atomic E-state index is 0.0302. The molecule has 1 fully saturated rings. The van der Waals surface area contributed by atoms with E-state index in [4.69, 9.17) is 12.2 Å². The maximum Gasteiger partial charge on any atom is 0.266 e. The van der Waals surface area contributed by atoms with Gasteiger partial charge in [-0.2, -0.15) is 0 Å². The van der Waals surface area contributed by atoms with Crippen molar-refractivity contribution >= 4 is 52.0 Å². The second kappa shape index (κ2) is 6.78. The third-order valence-corrected chi connectivity index (χ3v) is 4.96. The lowest BCUT2D eigenvalue weighted by molar-refractivity contribution is -0.122. The molecule has 1 aliphatic rings. The van der Waals surface area contributed by atoms with Gasteiger partial charge in [0, 0.05) is 11.4 Å². The van der Waals surface area contributed by atoms with E-state index in [9.17, 15) is 4.79 Å². The molecular weight excluding hydrogens is 306 g/mol. The van der Waals surface area contributed by atoms with Crippen molar-refractivity contribution in [3.8, 4) is 0 Å². The summed E-state index contributed by atoms with van der Waals surface area (Å²) >= 11 is 8.39. The van der Waals surface area contributed by atoms with Gasteiger partial charge in [0.2, 0.25) is 0 Å². The molecular formula is C15H17NOS3. The van der Waals surface area contributed by atoms with E-state index in [2.05, 4.69) is 26.0 Å². The van der Waals surface area contributed by atoms with Crippen LogP contribution < -0.4 is 0 Å². The number of thioether (sulfide) groups is 2. The molecule has 1 amide bonds. The Kier molecular flexibility index (Phi) is 5.29. The second-order valence-corrected chi connectivity index (χ2v) is 7.51. The van der Waals surface area contributed by atoms with E-state index in [-0.39, 0.29) is 5.91 Å². The summed E-state index contributed by atoms with van der Waals surface area (Å²) < 4.78 is 0.663. The predicted octanol–water partition coefficient (Wildman–Crippen LogP) is 4.27. The zero-order valence-electron chi connectivity index (χ0n) is 11.8. The Hall–Kier alpha value is -0.780. The fourth-order valence-electron chi connectivity index (χ4n) is 1.87. The minimum Gasteiger partial charge on any atom is -0.293 e. The minimum atomic E-state index is 0.0302. The highest BCUT2D eigenvalue weighted by Gasteiger charge is 2.32. The van der Waals surface area contributed by atoms with Gasteiger partial charge in [-0.3, -0.25) is 9.69 Å². The molecule has 1 aromatic rings. The number of hydrogen-bond acceptors (Lipinski definition) is 4. The van der Waals surface area contributed by atoms with Crippen molar-refractivity contribution < 1.29 is 4.79 Å². The summed E-state index contributed by atoms with van der Waals surface area (Å²) in [6, 6.07) is 8.18. The molecule has 0 radical (unpaired) electrons. The van der Waals surface area contributed by atoms with Crippen LogP contribution in [-0.2, 0) is 4.79 Å². The highest BCUT2D eigenvalue weighted by atomic mass is 32.2. The van der Waals surface area contributed by atoms with Gasteiger partial charge < -0.3 is 0 Å². The molecule has 0 unspecified atom stereocenters. The van der Waals surface area contributed by atoms with E-state index in [1.54, 1.807) is 16.7 Å². The van der Waals surface area contributed by atoms with Crippen molar-refractivity contribution in [2.24, 2.45) is 5.92 Å². The number of hydrogen-bond donors (Lipinski definition) is 0. The average Bonchev–Trinajstić information content (AvgIpc) is 2.67. The summed E-state index contributed by atoms with van der Waals surface area (Å²) in [6.45, 7) is 4.86. The standard InChI is InChI=1S/C15H17NOS3/c1-10(2)9-16-14(17)13(20-15(16)18)8-11-4-6-12(19-3)7-5-11/h4-8,10H,9H2,1-3H3/b13-8-. The molecule has 0 aromatic heterocycles. The molecule has 0 atom stereocenters. The molecule has 20 heavy (non-hydrogen) atoms. The molecule has 0 spiro atoms. The van der Waals surface area contributed by atoms with Crippen molar-refractivity contribution in [2.45, 2.75) is 18.7 Å². The molecule has 106 valence electrons. The first kappa shape index (κ1) is 15.6. The van der Waals surface area contributed by atoms with Gasteiger partial charge in [0.05, 0.1) is 4.91 Å². The van der Waals surface area contributed by atoms with Gasteiger partial charge in [-0.25, -0.2) is 0 Å². The summed E-state index contributed by atoms with van der Waals surface area (Å²) in [4.78, 5) is 16.0. The Balaban J connectivity index is 2.18. The molecule has 1 heterocycles. The zero-order chi connectivity index (χ0) is 14.7. The van der Waals surface area contributed by atoms with Crippen LogP contribution >= 0.6 is 35.7 Å². The third kappa shape index (κ3) is 3.65. The summed E-state index contributed by atoms with van der Waals surface area (Å²) in [5, 5.41) is 0. The molecule has 1 aliphatic heterocycles. The summed E-state index contributed by atoms with van der Waals surface area (Å²) in [5.41, 5.74) is 1.04. The van der Waals surface area contributed by atoms with E-state index in [1.807, 2.05) is 24.5 Å². The van der Waals surface area contributed by atoms with Crippen LogP contribution in [0.4, 0.5) is 0 Å². The number of benzene rings is 1. The SMILES string of the molecule is CSc1ccc(/C=C2\SC(=S)N(CC(C)C)C2=O)cc1. The molecule has 5 heteroatoms. The van der Waals surface area contributed by atoms with Crippen LogP contribution in [0.5, 0.6) is 0 Å². The largest absolute Gasteiger partial charge is 0.293 e. The van der Waals surface area contributed by atoms with Gasteiger partial charge in [-0.1, -0.05) is 50.0 Å². The molecule has 2 nitrogen and oxygen atoms in total. The lowest BCUT2D eigenvalue weighted by atomic mass is 10.2. The first-order valence-corrected chi connectivity index (χ1v) is 8.85. The number of nitrogens with zero attached hydrogens (tertiary/aromatic N) is 1. The Bertz CT molecular complexity index is 549. The highest BCUT2D eigenvalue weighted by molar-refractivity contribution is 8.26. The quantitative estimate of drug-likeness (QED) is 0.468. The van der Waals surface area contributed by atoms with E-state index < -0.39 is 0 Å². The summed E-state index contributed by atoms with van der Waals surface area (Å²) in [7, 11) is 0. The first-order chi connectivity index (χ1) is 9.51. The van der Waals surface area contributed by atoms with Crippen LogP contribution in [0.25, 0.3) is 6.08 Å². The van der Waals surface area contributed by atoms with E-state index in [1.165, 1.54) is 16.7 Å². The lowest BCUT2D eigenvalue weighted by Gasteiger charge is -2.16. The maximum atomic E-state index is 12.3. The number of thiocarbonyl (C=S) groups is 1. The smallest absolute Gasteiger partial charge is 0.266 e. The second-order valence-electron chi connectivity index (χ2n) is 4.96. The van der Waals surface area contributed by atoms with E-state index >= 15 is 0 Å². The monoisotopic (exact) mass is 323 g/mol. The van der Waals surface area contributed by atoms with Crippen LogP contribution in [0.3, 0.4) is 0 Å². The number of carbonyl (C=O) groups excluding carboxylic acids is 1. The number of rotatable bonds is 4. The van der Waals surface area contributed by atoms with Crippen LogP contribution in [0, 0.1) is 5.92 Å². The Morgan fingerprint density at radius 1 is 1.35 bits per heavy atom. The van der Waals surface area contributed by atoms with Crippen molar-refractivity contribution in [3.63, 3.8) is 0 Å². The van der Waals surface area contributed by atoms with Crippen molar-refractivity contribution in [1.82, 2.24) is 4.90 Å². The van der Waals surface area contributed by atoms with Crippen LogP contribution in [0.2, 0.25) is 0 Å². The summed E-state index contributed by atoms with van der Waals surface area (Å²) in [6.07, 6.45) is 3.97. The van der Waals surface area contributed by atoms with Gasteiger partial charge in [-0.15, -0.1) is 11.8 Å². The molecule has 1 saturated heterocycles. The van der Waals surface area contributed by atoms with Gasteiger partial charge in [0.25, 0.3) is 5.91 Å². The number of amides is 1. The van der Waals surface area contributed by atoms with Crippen molar-refractivity contribution in [1.29, 1.82) is 0 Å². The highest BCUT2D eigenvalue weighted by Crippen LogP contribution is 2.33. The maximum absolute atomic E-state index is 12.3. The van der Waals surface area contributed by atoms with Crippen molar-refractivity contribution in [2.75, 3.05) is 12.8 Å². The average molecular weight is 324 g/mol. The third-order valence-electron chi connectivity index (χ3n) is 2.83. The Morgan fingerprint density at radius 3 is 2.55 bits per heavy atom. The molecule has 1 aromatic carbocycles. The van der Waals surface area contributed by atoms with Gasteiger partial charge in [0.1, 0.15) is 4.32 Å². The number of carbonyl (C=O) groups is 1. The fourth-order valence-corrected chi connectivity index (χ4v) is 3.56. The van der Waals surface area contributed by atoms with E-state index in [0.29, 0.717) is 21.7 Å². The molecule has 0 saturated carbocycles. The van der Waals surface area contributed by atoms with Gasteiger partial charge in [0.15, 0.2) is 0 Å². The van der Waals surface area contributed by atoms with Gasteiger partial charge in [-0.05, 0) is 35.9 Å². The van der Waals surface area contributed by atoms with Crippen molar-refractivity contribution in [3.05, 3.63) is 34.7 Å². The van der Waals surface area contributed by atoms with Gasteiger partial charge >= 0.3 is 0 Å². The normalized spacial score (nSPS) is 17.6. The van der Waals surface area contributed by atoms with Crippen LogP contribution in [0.1, 0.15) is 19.4 Å². The molecule has 0 N–H and O–H groups in total. The lowest BCUT2D eigenvalue weighted by Crippen LogP contribution is -2.31. The molecule has 0 bridgehead atoms. The fraction of sp³-hybridized carbons (Fsp3) is 0.333. The topological polar surface area (TPSA) is 20.3 Å². The predicted molar refractivity (Wildman–Crippen MR) is 92.9 cm³/mol. The Morgan fingerprint density at radius 2 is 2.00 bits per heavy atom. The first-order valence-electron chi connectivity index (χ1n) is 6.40.